The smallest absolute Gasteiger partial charge is 0.230 e. The second-order valence-corrected chi connectivity index (χ2v) is 8.62. The van der Waals surface area contributed by atoms with Crippen molar-refractivity contribution >= 4 is 22.1 Å². The molecule has 162 valence electrons. The molecule has 0 spiro atoms. The molecule has 5 rings (SSSR count). The Morgan fingerprint density at radius 1 is 0.562 bits per heavy atom. The fourth-order valence-corrected chi connectivity index (χ4v) is 4.81. The highest BCUT2D eigenvalue weighted by atomic mass is 15.1. The van der Waals surface area contributed by atoms with Gasteiger partial charge >= 0.3 is 0 Å². The van der Waals surface area contributed by atoms with Crippen molar-refractivity contribution in [1.82, 2.24) is 9.13 Å². The molecule has 0 atom stereocenters. The van der Waals surface area contributed by atoms with Crippen LogP contribution in [0.15, 0.2) is 85.5 Å². The van der Waals surface area contributed by atoms with Gasteiger partial charge in [0.1, 0.15) is 13.1 Å². The van der Waals surface area contributed by atoms with Gasteiger partial charge in [0.05, 0.1) is 13.1 Å². The Morgan fingerprint density at radius 2 is 0.969 bits per heavy atom. The molecule has 0 aliphatic rings. The van der Waals surface area contributed by atoms with Crippen LogP contribution in [0.3, 0.4) is 0 Å². The van der Waals surface area contributed by atoms with Gasteiger partial charge in [0.25, 0.3) is 0 Å². The molecular formula is C28H32N4+2. The molecule has 0 aliphatic carbocycles. The number of nitrogens with zero attached hydrogens (tertiary/aromatic N) is 4. The number of fused-ring (bicyclic) bond motifs is 2. The van der Waals surface area contributed by atoms with Gasteiger partial charge in [0, 0.05) is 11.1 Å². The van der Waals surface area contributed by atoms with Crippen LogP contribution in [0.1, 0.15) is 37.8 Å². The van der Waals surface area contributed by atoms with Crippen LogP contribution >= 0.6 is 0 Å². The number of rotatable bonds is 8. The molecule has 3 aromatic carbocycles. The van der Waals surface area contributed by atoms with Gasteiger partial charge in [-0.2, -0.15) is 0 Å². The van der Waals surface area contributed by atoms with Crippen molar-refractivity contribution in [1.29, 1.82) is 0 Å². The molecule has 0 amide bonds. The first kappa shape index (κ1) is 20.5. The van der Waals surface area contributed by atoms with E-state index in [1.807, 2.05) is 0 Å². The van der Waals surface area contributed by atoms with E-state index in [9.17, 15) is 0 Å². The number of aromatic nitrogens is 4. The van der Waals surface area contributed by atoms with Crippen molar-refractivity contribution in [3.8, 4) is 0 Å². The van der Waals surface area contributed by atoms with Crippen LogP contribution in [-0.2, 0) is 26.2 Å². The first-order valence-electron chi connectivity index (χ1n) is 11.8. The molecule has 0 fully saturated rings. The lowest BCUT2D eigenvalue weighted by Crippen LogP contribution is -2.36. The van der Waals surface area contributed by atoms with Crippen molar-refractivity contribution in [3.05, 3.63) is 96.6 Å². The quantitative estimate of drug-likeness (QED) is 0.309. The average molecular weight is 425 g/mol. The van der Waals surface area contributed by atoms with E-state index in [1.165, 1.54) is 33.2 Å². The first-order chi connectivity index (χ1) is 15.8. The van der Waals surface area contributed by atoms with Gasteiger partial charge in [-0.25, -0.2) is 18.3 Å². The summed E-state index contributed by atoms with van der Waals surface area (Å²) in [6, 6.07) is 26.3. The van der Waals surface area contributed by atoms with Gasteiger partial charge in [0.2, 0.25) is 12.7 Å². The Labute approximate surface area is 190 Å². The highest BCUT2D eigenvalue weighted by Gasteiger charge is 2.19. The Balaban J connectivity index is 1.51. The normalized spacial score (nSPS) is 11.6. The van der Waals surface area contributed by atoms with Crippen molar-refractivity contribution in [2.45, 2.75) is 52.9 Å². The Bertz CT molecular complexity index is 1250. The lowest BCUT2D eigenvalue weighted by Gasteiger charge is -2.07. The molecule has 5 aromatic rings. The maximum absolute atomic E-state index is 2.40. The van der Waals surface area contributed by atoms with Crippen LogP contribution in [0.2, 0.25) is 0 Å². The number of hydrogen-bond acceptors (Lipinski definition) is 0. The van der Waals surface area contributed by atoms with Gasteiger partial charge in [-0.15, -0.1) is 0 Å². The van der Waals surface area contributed by atoms with Gasteiger partial charge in [-0.05, 0) is 37.1 Å². The van der Waals surface area contributed by atoms with Crippen LogP contribution in [0.4, 0.5) is 0 Å². The summed E-state index contributed by atoms with van der Waals surface area (Å²) in [5.41, 5.74) is 7.95. The zero-order valence-electron chi connectivity index (χ0n) is 19.1. The van der Waals surface area contributed by atoms with E-state index in [0.717, 1.165) is 39.0 Å². The van der Waals surface area contributed by atoms with E-state index >= 15 is 0 Å². The van der Waals surface area contributed by atoms with Crippen molar-refractivity contribution in [2.75, 3.05) is 0 Å². The van der Waals surface area contributed by atoms with Gasteiger partial charge < -0.3 is 0 Å². The minimum absolute atomic E-state index is 0.877. The molecule has 0 saturated heterocycles. The summed E-state index contributed by atoms with van der Waals surface area (Å²) < 4.78 is 9.56. The minimum atomic E-state index is 0.877. The van der Waals surface area contributed by atoms with Crippen LogP contribution in [0.25, 0.3) is 22.1 Å². The second-order valence-electron chi connectivity index (χ2n) is 8.62. The number of benzene rings is 3. The van der Waals surface area contributed by atoms with Crippen LogP contribution in [-0.4, -0.2) is 9.13 Å². The molecule has 32 heavy (non-hydrogen) atoms. The highest BCUT2D eigenvalue weighted by Crippen LogP contribution is 2.16. The summed E-state index contributed by atoms with van der Waals surface area (Å²) in [5, 5.41) is 0. The topological polar surface area (TPSA) is 17.6 Å². The molecule has 0 unspecified atom stereocenters. The number of hydrogen-bond donors (Lipinski definition) is 0. The largest absolute Gasteiger partial charge is 0.245 e. The Hall–Kier alpha value is -3.40. The van der Waals surface area contributed by atoms with Crippen LogP contribution in [0.5, 0.6) is 0 Å². The first-order valence-corrected chi connectivity index (χ1v) is 11.8. The lowest BCUT2D eigenvalue weighted by atomic mass is 10.1. The molecule has 0 radical (unpaired) electrons. The van der Waals surface area contributed by atoms with E-state index in [-0.39, 0.29) is 0 Å². The van der Waals surface area contributed by atoms with Crippen molar-refractivity contribution in [2.24, 2.45) is 0 Å². The third-order valence-electron chi connectivity index (χ3n) is 6.29. The van der Waals surface area contributed by atoms with E-state index in [0.29, 0.717) is 0 Å². The standard InChI is InChI=1S/C28H32N4/c1-3-17-29-21-31(27-15-9-7-13-25(27)29)19-23-11-5-6-12-24(23)20-32-22-30(18-4-2)26-14-8-10-16-28(26)32/h5-16,21-22H,3-4,17-20H2,1-2H3/q+2. The lowest BCUT2D eigenvalue weighted by molar-refractivity contribution is -0.668. The zero-order chi connectivity index (χ0) is 21.9. The molecule has 0 aliphatic heterocycles. The predicted molar refractivity (Wildman–Crippen MR) is 129 cm³/mol. The molecule has 4 nitrogen and oxygen atoms in total. The average Bonchev–Trinajstić information content (AvgIpc) is 3.34. The van der Waals surface area contributed by atoms with E-state index < -0.39 is 0 Å². The molecule has 2 aromatic heterocycles. The second kappa shape index (κ2) is 8.99. The molecular weight excluding hydrogens is 392 g/mol. The fourth-order valence-electron chi connectivity index (χ4n) is 4.81. The predicted octanol–water partition coefficient (Wildman–Crippen LogP) is 5.09. The Morgan fingerprint density at radius 3 is 1.41 bits per heavy atom. The highest BCUT2D eigenvalue weighted by molar-refractivity contribution is 5.72. The maximum atomic E-state index is 2.40. The molecule has 0 saturated carbocycles. The summed E-state index contributed by atoms with van der Waals surface area (Å²) in [5.74, 6) is 0. The summed E-state index contributed by atoms with van der Waals surface area (Å²) in [6.45, 7) is 8.31. The monoisotopic (exact) mass is 424 g/mol. The SMILES string of the molecule is CCCn1c[n+](Cc2ccccc2C[n+]2cn(CCC)c3ccccc32)c2ccccc21. The molecule has 2 heterocycles. The summed E-state index contributed by atoms with van der Waals surface area (Å²) in [7, 11) is 0. The van der Waals surface area contributed by atoms with Crippen molar-refractivity contribution in [3.63, 3.8) is 0 Å². The van der Waals surface area contributed by atoms with Crippen LogP contribution in [0, 0.1) is 0 Å². The van der Waals surface area contributed by atoms with Gasteiger partial charge in [-0.3, -0.25) is 0 Å². The van der Waals surface area contributed by atoms with Crippen LogP contribution < -0.4 is 9.13 Å². The van der Waals surface area contributed by atoms with E-state index in [2.05, 4.69) is 118 Å². The fraction of sp³-hybridized carbons (Fsp3) is 0.286. The third-order valence-corrected chi connectivity index (χ3v) is 6.29. The van der Waals surface area contributed by atoms with Crippen molar-refractivity contribution < 1.29 is 9.13 Å². The summed E-state index contributed by atoms with van der Waals surface area (Å²) in [4.78, 5) is 0. The number of aryl methyl sites for hydroxylation is 2. The molecule has 0 bridgehead atoms. The maximum Gasteiger partial charge on any atom is 0.245 e. The Kier molecular flexibility index (Phi) is 5.76. The van der Waals surface area contributed by atoms with E-state index in [1.54, 1.807) is 0 Å². The van der Waals surface area contributed by atoms with E-state index in [4.69, 9.17) is 0 Å². The van der Waals surface area contributed by atoms with Gasteiger partial charge in [0.15, 0.2) is 22.1 Å². The number of para-hydroxylation sites is 4. The minimum Gasteiger partial charge on any atom is -0.230 e. The number of imidazole rings is 2. The molecule has 0 N–H and O–H groups in total. The summed E-state index contributed by atoms with van der Waals surface area (Å²) >= 11 is 0. The van der Waals surface area contributed by atoms with Gasteiger partial charge in [-0.1, -0.05) is 62.4 Å². The molecule has 4 heteroatoms. The zero-order valence-corrected chi connectivity index (χ0v) is 19.1. The summed E-state index contributed by atoms with van der Waals surface area (Å²) in [6.07, 6.45) is 6.83. The third kappa shape index (κ3) is 3.81.